The van der Waals surface area contributed by atoms with Crippen molar-refractivity contribution >= 4 is 28.1 Å². The van der Waals surface area contributed by atoms with Gasteiger partial charge in [0.05, 0.1) is 20.8 Å². The number of thiazole rings is 1. The zero-order chi connectivity index (χ0) is 23.5. The summed E-state index contributed by atoms with van der Waals surface area (Å²) in [6, 6.07) is 13.4. The molecule has 33 heavy (non-hydrogen) atoms. The summed E-state index contributed by atoms with van der Waals surface area (Å²) in [6.45, 7) is 4.50. The Morgan fingerprint density at radius 3 is 2.42 bits per heavy atom. The van der Waals surface area contributed by atoms with Gasteiger partial charge in [0.15, 0.2) is 16.5 Å². The van der Waals surface area contributed by atoms with Crippen LogP contribution in [0.4, 0.5) is 5.82 Å². The lowest BCUT2D eigenvalue weighted by atomic mass is 10.1. The summed E-state index contributed by atoms with van der Waals surface area (Å²) in [4.78, 5) is 18.4. The van der Waals surface area contributed by atoms with Gasteiger partial charge in [0, 0.05) is 17.8 Å². The van der Waals surface area contributed by atoms with Crippen LogP contribution >= 0.6 is 11.3 Å². The minimum atomic E-state index is -0.367. The normalized spacial score (nSPS) is 10.9. The summed E-state index contributed by atoms with van der Waals surface area (Å²) >= 11 is 1.27. The summed E-state index contributed by atoms with van der Waals surface area (Å²) in [7, 11) is 2.96. The first kappa shape index (κ1) is 22.5. The number of hydrogen-bond donors (Lipinski definition) is 2. The molecule has 2 aromatic heterocycles. The maximum absolute atomic E-state index is 12.4. The van der Waals surface area contributed by atoms with Crippen molar-refractivity contribution in [2.45, 2.75) is 20.4 Å². The summed E-state index contributed by atoms with van der Waals surface area (Å²) < 4.78 is 17.8. The van der Waals surface area contributed by atoms with Crippen molar-refractivity contribution in [3.8, 4) is 28.5 Å². The van der Waals surface area contributed by atoms with Gasteiger partial charge in [0.25, 0.3) is 0 Å². The Morgan fingerprint density at radius 2 is 1.82 bits per heavy atom. The molecular formula is C24H25N3O5S. The Bertz CT molecular complexity index is 1270. The van der Waals surface area contributed by atoms with Crippen molar-refractivity contribution in [2.75, 3.05) is 26.1 Å². The number of nitrogens with zero attached hydrogens (tertiary/aromatic N) is 2. The molecule has 0 saturated carbocycles. The fourth-order valence-corrected chi connectivity index (χ4v) is 4.63. The van der Waals surface area contributed by atoms with E-state index in [0.29, 0.717) is 40.1 Å². The van der Waals surface area contributed by atoms with E-state index < -0.39 is 0 Å². The third kappa shape index (κ3) is 4.19. The van der Waals surface area contributed by atoms with Gasteiger partial charge in [0.2, 0.25) is 5.75 Å². The third-order valence-electron chi connectivity index (χ3n) is 5.22. The Kier molecular flexibility index (Phi) is 6.41. The molecule has 2 aromatic carbocycles. The number of aromatic nitrogens is 2. The van der Waals surface area contributed by atoms with E-state index in [1.807, 2.05) is 41.7 Å². The molecular weight excluding hydrogens is 442 g/mol. The molecule has 8 nitrogen and oxygen atoms in total. The van der Waals surface area contributed by atoms with E-state index in [1.54, 1.807) is 19.1 Å². The van der Waals surface area contributed by atoms with Crippen LogP contribution < -0.4 is 14.8 Å². The van der Waals surface area contributed by atoms with Gasteiger partial charge < -0.3 is 24.6 Å². The molecule has 0 fully saturated rings. The summed E-state index contributed by atoms with van der Waals surface area (Å²) in [5.74, 6) is 0.823. The van der Waals surface area contributed by atoms with Gasteiger partial charge in [-0.05, 0) is 31.5 Å². The fraction of sp³-hybridized carbons (Fsp3) is 0.250. The van der Waals surface area contributed by atoms with Gasteiger partial charge in [-0.3, -0.25) is 4.40 Å². The van der Waals surface area contributed by atoms with Gasteiger partial charge in [-0.1, -0.05) is 41.7 Å². The molecule has 0 amide bonds. The van der Waals surface area contributed by atoms with Gasteiger partial charge in [-0.15, -0.1) is 0 Å². The number of imidazole rings is 1. The molecule has 0 aliphatic carbocycles. The van der Waals surface area contributed by atoms with E-state index >= 15 is 0 Å². The van der Waals surface area contributed by atoms with Crippen LogP contribution in [0.15, 0.2) is 42.5 Å². The lowest BCUT2D eigenvalue weighted by Crippen LogP contribution is -2.07. The minimum Gasteiger partial charge on any atom is -0.502 e. The molecule has 0 spiro atoms. The van der Waals surface area contributed by atoms with Crippen molar-refractivity contribution in [3.63, 3.8) is 0 Å². The molecule has 4 rings (SSSR count). The Hall–Kier alpha value is -3.72. The highest BCUT2D eigenvalue weighted by atomic mass is 32.1. The van der Waals surface area contributed by atoms with Crippen LogP contribution in [0.2, 0.25) is 0 Å². The number of nitrogens with one attached hydrogen (secondary N) is 1. The van der Waals surface area contributed by atoms with Gasteiger partial charge in [0.1, 0.15) is 16.4 Å². The quantitative estimate of drug-likeness (QED) is 0.357. The predicted molar refractivity (Wildman–Crippen MR) is 128 cm³/mol. The topological polar surface area (TPSA) is 94.3 Å². The van der Waals surface area contributed by atoms with Crippen molar-refractivity contribution < 1.29 is 24.1 Å². The second-order valence-electron chi connectivity index (χ2n) is 7.23. The SMILES string of the molecule is CCOC(=O)c1sc2nc(-c3cc(OC)c(O)c(OC)c3)c(NCc3ccccc3)n2c1C. The Balaban J connectivity index is 1.88. The highest BCUT2D eigenvalue weighted by molar-refractivity contribution is 7.19. The number of aryl methyl sites for hydroxylation is 1. The summed E-state index contributed by atoms with van der Waals surface area (Å²) in [5, 5.41) is 13.8. The van der Waals surface area contributed by atoms with E-state index in [1.165, 1.54) is 25.6 Å². The number of aromatic hydroxyl groups is 1. The minimum absolute atomic E-state index is 0.0793. The first-order valence-corrected chi connectivity index (χ1v) is 11.2. The highest BCUT2D eigenvalue weighted by Gasteiger charge is 2.25. The standard InChI is InChI=1S/C24H25N3O5S/c1-5-32-23(29)21-14(2)27-22(25-13-15-9-7-6-8-10-15)19(26-24(27)33-21)16-11-17(30-3)20(28)18(12-16)31-4/h6-12,25,28H,5,13H2,1-4H3. The van der Waals surface area contributed by atoms with Crippen LogP contribution in [0.5, 0.6) is 17.2 Å². The molecule has 0 saturated heterocycles. The van der Waals surface area contributed by atoms with Crippen LogP contribution in [-0.2, 0) is 11.3 Å². The van der Waals surface area contributed by atoms with Gasteiger partial charge in [-0.2, -0.15) is 0 Å². The maximum Gasteiger partial charge on any atom is 0.350 e. The number of benzene rings is 2. The number of methoxy groups -OCH3 is 2. The first-order valence-electron chi connectivity index (χ1n) is 10.4. The number of carbonyl (C=O) groups excluding carboxylic acids is 1. The van der Waals surface area contributed by atoms with Crippen LogP contribution in [0.1, 0.15) is 27.9 Å². The highest BCUT2D eigenvalue weighted by Crippen LogP contribution is 2.43. The Morgan fingerprint density at radius 1 is 1.15 bits per heavy atom. The molecule has 2 heterocycles. The van der Waals surface area contributed by atoms with Crippen LogP contribution in [0.25, 0.3) is 16.2 Å². The summed E-state index contributed by atoms with van der Waals surface area (Å²) in [6.07, 6.45) is 0. The maximum atomic E-state index is 12.4. The number of carbonyl (C=O) groups is 1. The van der Waals surface area contributed by atoms with Crippen molar-refractivity contribution in [1.29, 1.82) is 0 Å². The number of anilines is 1. The molecule has 172 valence electrons. The van der Waals surface area contributed by atoms with Crippen molar-refractivity contribution in [3.05, 3.63) is 58.6 Å². The second kappa shape index (κ2) is 9.41. The number of phenols is 1. The van der Waals surface area contributed by atoms with Gasteiger partial charge >= 0.3 is 5.97 Å². The van der Waals surface area contributed by atoms with Crippen LogP contribution in [0, 0.1) is 6.92 Å². The van der Waals surface area contributed by atoms with Crippen molar-refractivity contribution in [1.82, 2.24) is 9.38 Å². The first-order chi connectivity index (χ1) is 16.0. The van der Waals surface area contributed by atoms with E-state index in [4.69, 9.17) is 19.2 Å². The average molecular weight is 468 g/mol. The van der Waals surface area contributed by atoms with E-state index in [-0.39, 0.29) is 23.2 Å². The van der Waals surface area contributed by atoms with Crippen molar-refractivity contribution in [2.24, 2.45) is 0 Å². The molecule has 4 aromatic rings. The molecule has 0 bridgehead atoms. The van der Waals surface area contributed by atoms with Gasteiger partial charge in [-0.25, -0.2) is 9.78 Å². The molecule has 2 N–H and O–H groups in total. The number of fused-ring (bicyclic) bond motifs is 1. The second-order valence-corrected chi connectivity index (χ2v) is 8.21. The van der Waals surface area contributed by atoms with Crippen LogP contribution in [0.3, 0.4) is 0 Å². The Labute approximate surface area is 195 Å². The lowest BCUT2D eigenvalue weighted by molar-refractivity contribution is 0.0531. The lowest BCUT2D eigenvalue weighted by Gasteiger charge is -2.13. The summed E-state index contributed by atoms with van der Waals surface area (Å²) in [5.41, 5.74) is 3.18. The van der Waals surface area contributed by atoms with Crippen LogP contribution in [-0.4, -0.2) is 41.3 Å². The molecule has 0 aliphatic rings. The third-order valence-corrected chi connectivity index (χ3v) is 6.34. The number of ether oxygens (including phenoxy) is 3. The van der Waals surface area contributed by atoms with E-state index in [0.717, 1.165) is 11.3 Å². The average Bonchev–Trinajstić information content (AvgIpc) is 3.35. The van der Waals surface area contributed by atoms with E-state index in [2.05, 4.69) is 5.32 Å². The zero-order valence-electron chi connectivity index (χ0n) is 18.8. The molecule has 0 aliphatic heterocycles. The predicted octanol–water partition coefficient (Wildman–Crippen LogP) is 4.88. The number of hydrogen-bond acceptors (Lipinski definition) is 8. The zero-order valence-corrected chi connectivity index (χ0v) is 19.7. The monoisotopic (exact) mass is 467 g/mol. The number of phenolic OH excluding ortho intramolecular Hbond substituents is 1. The fourth-order valence-electron chi connectivity index (χ4n) is 3.61. The number of esters is 1. The smallest absolute Gasteiger partial charge is 0.350 e. The molecule has 0 atom stereocenters. The largest absolute Gasteiger partial charge is 0.502 e. The number of rotatable bonds is 8. The molecule has 9 heteroatoms. The van der Waals surface area contributed by atoms with E-state index in [9.17, 15) is 9.90 Å². The molecule has 0 unspecified atom stereocenters. The molecule has 0 radical (unpaired) electrons.